The summed E-state index contributed by atoms with van der Waals surface area (Å²) in [5.41, 5.74) is 3.29. The quantitative estimate of drug-likeness (QED) is 0.573. The number of hydrogen-bond donors (Lipinski definition) is 3. The van der Waals surface area contributed by atoms with Gasteiger partial charge in [-0.3, -0.25) is 10.1 Å². The molecule has 0 radical (unpaired) electrons. The van der Waals surface area contributed by atoms with E-state index in [9.17, 15) is 9.70 Å². The molecule has 0 aromatic heterocycles. The summed E-state index contributed by atoms with van der Waals surface area (Å²) in [4.78, 5) is 23.7. The Morgan fingerprint density at radius 1 is 1.35 bits per heavy atom. The molecule has 2 aliphatic rings. The summed E-state index contributed by atoms with van der Waals surface area (Å²) < 4.78 is 1.00. The first-order chi connectivity index (χ1) is 11.1. The Balaban J connectivity index is 2.01. The zero-order valence-electron chi connectivity index (χ0n) is 12.3. The van der Waals surface area contributed by atoms with Gasteiger partial charge in [0.2, 0.25) is 0 Å². The molecule has 1 aliphatic carbocycles. The lowest BCUT2D eigenvalue weighted by molar-refractivity contribution is -0.483. The van der Waals surface area contributed by atoms with E-state index in [0.717, 1.165) is 21.5 Å². The van der Waals surface area contributed by atoms with Gasteiger partial charge in [0, 0.05) is 33.6 Å². The van der Waals surface area contributed by atoms with Crippen LogP contribution in [0.5, 0.6) is 0 Å². The highest BCUT2D eigenvalue weighted by atomic mass is 32.1. The standard InChI is InChI=1S/C17H16N2O3S/c20-17(21)14(10-23)18-9-13-11-5-1-3-7-15(11)19(22)16-8-4-2-6-12(13)16/h1-8,14-15,18H,9-10H2,(H-,20,21,23)/p+1. The number of thiol groups is 1. The number of nitroso groups, excluding NO2 is 1. The minimum absolute atomic E-state index is 0.201. The maximum absolute atomic E-state index is 12.6. The van der Waals surface area contributed by atoms with Crippen molar-refractivity contribution in [2.45, 2.75) is 12.1 Å². The molecule has 0 saturated heterocycles. The molecule has 0 bridgehead atoms. The predicted octanol–water partition coefficient (Wildman–Crippen LogP) is 2.33. The largest absolute Gasteiger partial charge is 0.480 e. The highest BCUT2D eigenvalue weighted by Crippen LogP contribution is 2.38. The first-order valence-corrected chi connectivity index (χ1v) is 7.97. The van der Waals surface area contributed by atoms with Crippen molar-refractivity contribution in [3.05, 3.63) is 64.6 Å². The number of nitrogens with one attached hydrogen (secondary N) is 1. The van der Waals surface area contributed by atoms with Crippen molar-refractivity contribution in [3.8, 4) is 0 Å². The fourth-order valence-electron chi connectivity index (χ4n) is 2.89. The second kappa shape index (κ2) is 6.52. The zero-order chi connectivity index (χ0) is 16.4. The van der Waals surface area contributed by atoms with E-state index in [0.29, 0.717) is 12.2 Å². The van der Waals surface area contributed by atoms with Crippen LogP contribution in [0.3, 0.4) is 0 Å². The van der Waals surface area contributed by atoms with Crippen LogP contribution in [0.15, 0.2) is 54.1 Å². The van der Waals surface area contributed by atoms with Crippen LogP contribution >= 0.6 is 12.6 Å². The van der Waals surface area contributed by atoms with Gasteiger partial charge in [-0.05, 0) is 17.7 Å². The fraction of sp³-hybridized carbons (Fsp3) is 0.235. The van der Waals surface area contributed by atoms with Gasteiger partial charge in [0.1, 0.15) is 6.04 Å². The van der Waals surface area contributed by atoms with Crippen molar-refractivity contribution >= 4 is 29.9 Å². The van der Waals surface area contributed by atoms with Gasteiger partial charge in [0.15, 0.2) is 0 Å². The summed E-state index contributed by atoms with van der Waals surface area (Å²) in [6, 6.07) is 6.29. The van der Waals surface area contributed by atoms with Crippen molar-refractivity contribution in [2.75, 3.05) is 12.3 Å². The zero-order valence-corrected chi connectivity index (χ0v) is 13.2. The molecule has 1 aromatic rings. The molecule has 6 heteroatoms. The van der Waals surface area contributed by atoms with Crippen molar-refractivity contribution in [1.82, 2.24) is 5.32 Å². The third-order valence-electron chi connectivity index (χ3n) is 4.07. The van der Waals surface area contributed by atoms with Gasteiger partial charge in [-0.2, -0.15) is 12.6 Å². The van der Waals surface area contributed by atoms with Crippen LogP contribution in [-0.4, -0.2) is 40.2 Å². The molecule has 3 rings (SSSR count). The molecule has 0 spiro atoms. The molecule has 5 nitrogen and oxygen atoms in total. The number of fused-ring (bicyclic) bond motifs is 2. The molecule has 1 aromatic carbocycles. The Labute approximate surface area is 139 Å². The molecule has 0 saturated carbocycles. The van der Waals surface area contributed by atoms with Gasteiger partial charge in [-0.15, -0.1) is 0 Å². The highest BCUT2D eigenvalue weighted by Gasteiger charge is 2.39. The van der Waals surface area contributed by atoms with E-state index in [1.165, 1.54) is 0 Å². The number of hydrogen-bond acceptors (Lipinski definition) is 4. The van der Waals surface area contributed by atoms with Crippen LogP contribution in [0.25, 0.3) is 5.57 Å². The van der Waals surface area contributed by atoms with Crippen molar-refractivity contribution in [3.63, 3.8) is 0 Å². The number of benzene rings is 1. The lowest BCUT2D eigenvalue weighted by Gasteiger charge is -2.23. The number of para-hydroxylation sites is 1. The van der Waals surface area contributed by atoms with E-state index in [1.54, 1.807) is 6.07 Å². The maximum Gasteiger partial charge on any atom is 0.321 e. The van der Waals surface area contributed by atoms with Crippen LogP contribution in [0.2, 0.25) is 0 Å². The van der Waals surface area contributed by atoms with E-state index < -0.39 is 12.0 Å². The van der Waals surface area contributed by atoms with E-state index >= 15 is 0 Å². The minimum Gasteiger partial charge on any atom is -0.480 e. The minimum atomic E-state index is -0.934. The molecular weight excluding hydrogens is 312 g/mol. The molecular formula is C17H17N2O3S+. The molecule has 0 amide bonds. The summed E-state index contributed by atoms with van der Waals surface area (Å²) in [6.45, 7) is 0.367. The number of carboxylic acids is 1. The Morgan fingerprint density at radius 2 is 2.13 bits per heavy atom. The van der Waals surface area contributed by atoms with Gasteiger partial charge in [-0.1, -0.05) is 30.4 Å². The molecule has 23 heavy (non-hydrogen) atoms. The molecule has 2 atom stereocenters. The van der Waals surface area contributed by atoms with Crippen LogP contribution in [0, 0.1) is 4.91 Å². The fourth-order valence-corrected chi connectivity index (χ4v) is 3.18. The highest BCUT2D eigenvalue weighted by molar-refractivity contribution is 7.80. The topological polar surface area (TPSA) is 69.4 Å². The van der Waals surface area contributed by atoms with Gasteiger partial charge in [0.05, 0.1) is 5.56 Å². The number of nitrogens with zero attached hydrogens (tertiary/aromatic N) is 1. The molecule has 1 heterocycles. The average Bonchev–Trinajstić information content (AvgIpc) is 2.58. The predicted molar refractivity (Wildman–Crippen MR) is 92.0 cm³/mol. The monoisotopic (exact) mass is 329 g/mol. The Kier molecular flexibility index (Phi) is 4.45. The maximum atomic E-state index is 12.6. The van der Waals surface area contributed by atoms with Crippen molar-refractivity contribution in [2.24, 2.45) is 0 Å². The van der Waals surface area contributed by atoms with Crippen molar-refractivity contribution in [1.29, 1.82) is 0 Å². The summed E-state index contributed by atoms with van der Waals surface area (Å²) in [7, 11) is 0. The van der Waals surface area contributed by atoms with Crippen LogP contribution in [0.1, 0.15) is 5.56 Å². The number of rotatable bonds is 5. The average molecular weight is 329 g/mol. The smallest absolute Gasteiger partial charge is 0.321 e. The van der Waals surface area contributed by atoms with Gasteiger partial charge in [-0.25, -0.2) is 0 Å². The number of aliphatic carboxylic acids is 1. The van der Waals surface area contributed by atoms with Gasteiger partial charge in [0.25, 0.3) is 11.7 Å². The summed E-state index contributed by atoms with van der Waals surface area (Å²) in [6.07, 6.45) is 7.51. The Hall–Kier alpha value is -2.18. The lowest BCUT2D eigenvalue weighted by atomic mass is 9.87. The molecule has 2 N–H and O–H groups in total. The summed E-state index contributed by atoms with van der Waals surface area (Å²) >= 11 is 4.07. The summed E-state index contributed by atoms with van der Waals surface area (Å²) in [5.74, 6) is -0.734. The van der Waals surface area contributed by atoms with Gasteiger partial charge < -0.3 is 5.11 Å². The molecule has 2 unspecified atom stereocenters. The second-order valence-corrected chi connectivity index (χ2v) is 5.79. The third kappa shape index (κ3) is 2.87. The summed E-state index contributed by atoms with van der Waals surface area (Å²) in [5, 5.41) is 12.2. The SMILES string of the molecule is O=C(O)C(CS)NCC1=C2C=CC=CC2[N+](=O)c2ccccc21. The van der Waals surface area contributed by atoms with E-state index in [4.69, 9.17) is 5.11 Å². The molecule has 1 aliphatic heterocycles. The van der Waals surface area contributed by atoms with E-state index in [-0.39, 0.29) is 11.8 Å². The van der Waals surface area contributed by atoms with E-state index in [1.807, 2.05) is 42.5 Å². The molecule has 0 fully saturated rings. The molecule has 118 valence electrons. The van der Waals surface area contributed by atoms with E-state index in [2.05, 4.69) is 17.9 Å². The Bertz CT molecular complexity index is 752. The lowest BCUT2D eigenvalue weighted by Crippen LogP contribution is -2.40. The van der Waals surface area contributed by atoms with Crippen LogP contribution in [0.4, 0.5) is 5.69 Å². The Morgan fingerprint density at radius 3 is 2.87 bits per heavy atom. The van der Waals surface area contributed by atoms with Crippen LogP contribution < -0.4 is 5.32 Å². The number of carboxylic acid groups (broad SMARTS) is 1. The number of carbonyl (C=O) groups is 1. The normalized spacial score (nSPS) is 20.2. The second-order valence-electron chi connectivity index (χ2n) is 5.42. The first-order valence-electron chi connectivity index (χ1n) is 7.34. The van der Waals surface area contributed by atoms with Crippen LogP contribution in [-0.2, 0) is 4.79 Å². The van der Waals surface area contributed by atoms with Crippen molar-refractivity contribution < 1.29 is 14.7 Å². The first kappa shape index (κ1) is 15.7. The van der Waals surface area contributed by atoms with Gasteiger partial charge >= 0.3 is 5.97 Å². The number of allylic oxidation sites excluding steroid dienone is 2. The third-order valence-corrected chi connectivity index (χ3v) is 4.44.